The molecule has 4 heteroatoms. The van der Waals surface area contributed by atoms with Crippen molar-refractivity contribution in [3.8, 4) is 0 Å². The predicted octanol–water partition coefficient (Wildman–Crippen LogP) is -0.393. The van der Waals surface area contributed by atoms with Crippen molar-refractivity contribution in [1.29, 1.82) is 0 Å². The van der Waals surface area contributed by atoms with Gasteiger partial charge < -0.3 is 9.90 Å². The molecule has 0 saturated carbocycles. The van der Waals surface area contributed by atoms with Crippen LogP contribution in [0.4, 0.5) is 0 Å². The van der Waals surface area contributed by atoms with Crippen LogP contribution < -0.4 is 0 Å². The van der Waals surface area contributed by atoms with Gasteiger partial charge in [0, 0.05) is 36.5 Å². The first kappa shape index (κ1) is 17.5. The summed E-state index contributed by atoms with van der Waals surface area (Å²) < 4.78 is 0. The molecule has 0 atom stereocenters. The Balaban J connectivity index is -0.0000000200. The summed E-state index contributed by atoms with van der Waals surface area (Å²) in [5, 5.41) is 6.76. The first-order valence-corrected chi connectivity index (χ1v) is 0.428. The zero-order valence-electron chi connectivity index (χ0n) is 2.42. The molecule has 0 heterocycles. The molecule has 0 rings (SSSR count). The van der Waals surface area contributed by atoms with Crippen LogP contribution in [0.5, 0.6) is 0 Å². The molecule has 0 aromatic carbocycles. The van der Waals surface area contributed by atoms with Gasteiger partial charge in [-0.05, 0) is 0 Å². The van der Waals surface area contributed by atoms with E-state index in [2.05, 4.69) is 0 Å². The van der Waals surface area contributed by atoms with Crippen LogP contribution in [0.15, 0.2) is 0 Å². The van der Waals surface area contributed by atoms with Crippen LogP contribution in [-0.2, 0) is 41.3 Å². The third kappa shape index (κ3) is 83.8. The molecule has 0 spiro atoms. The molecule has 0 aromatic rings. The van der Waals surface area contributed by atoms with Crippen LogP contribution in [-0.4, -0.2) is 11.6 Å². The predicted molar refractivity (Wildman–Crippen MR) is 8.32 cm³/mol. The quantitative estimate of drug-likeness (QED) is 0.393. The Kier molecular flexibility index (Phi) is 81.0. The van der Waals surface area contributed by atoms with Gasteiger partial charge in [-0.25, -0.2) is 0 Å². The first-order chi connectivity index (χ1) is 1.41. The molecular weight excluding hydrogens is 165 g/mol. The van der Waals surface area contributed by atoms with E-state index in [9.17, 15) is 0 Å². The Morgan fingerprint density at radius 1 is 1.60 bits per heavy atom. The van der Waals surface area contributed by atoms with E-state index in [1.807, 2.05) is 0 Å². The monoisotopic (exact) mass is 165 g/mol. The molecule has 1 N–H and O–H groups in total. The number of rotatable bonds is 0. The van der Waals surface area contributed by atoms with Crippen molar-refractivity contribution in [2.24, 2.45) is 0 Å². The molecule has 28 valence electrons. The maximum atomic E-state index is 8.24. The van der Waals surface area contributed by atoms with E-state index in [0.29, 0.717) is 6.47 Å². The summed E-state index contributed by atoms with van der Waals surface area (Å²) in [7, 11) is 0. The molecule has 2 nitrogen and oxygen atoms in total. The van der Waals surface area contributed by atoms with Crippen LogP contribution in [0, 0.1) is 0 Å². The fraction of sp³-hybridized carbons (Fsp3) is 0. The molecule has 0 radical (unpaired) electrons. The smallest absolute Gasteiger partial charge is 0 e. The average molecular weight is 166 g/mol. The topological polar surface area (TPSA) is 37.3 Å². The van der Waals surface area contributed by atoms with Gasteiger partial charge in [0.15, 0.2) is 0 Å². The molecule has 0 unspecified atom stereocenters. The molecule has 0 aliphatic carbocycles. The van der Waals surface area contributed by atoms with E-state index in [1.54, 1.807) is 0 Å². The maximum absolute atomic E-state index is 8.24. The molecular formula is CHFeO2Zn-. The summed E-state index contributed by atoms with van der Waals surface area (Å²) in [6.07, 6.45) is 0. The molecule has 0 aliphatic rings. The minimum absolute atomic E-state index is 0. The van der Waals surface area contributed by atoms with Crippen molar-refractivity contribution >= 4 is 6.47 Å². The van der Waals surface area contributed by atoms with Crippen molar-refractivity contribution in [3.05, 3.63) is 0 Å². The van der Waals surface area contributed by atoms with E-state index >= 15 is 0 Å². The Bertz CT molecular complexity index is 17.1. The maximum Gasteiger partial charge on any atom is 0 e. The summed E-state index contributed by atoms with van der Waals surface area (Å²) in [6.45, 7) is 0.500. The Morgan fingerprint density at radius 2 is 1.60 bits per heavy atom. The molecule has 0 bridgehead atoms. The van der Waals surface area contributed by atoms with Crippen molar-refractivity contribution in [2.45, 2.75) is 0 Å². The Morgan fingerprint density at radius 3 is 1.60 bits per heavy atom. The number of hydrogen-bond acceptors (Lipinski definition) is 1. The van der Waals surface area contributed by atoms with E-state index in [1.165, 1.54) is 0 Å². The summed E-state index contributed by atoms with van der Waals surface area (Å²) in [4.78, 5) is 8.24. The van der Waals surface area contributed by atoms with Gasteiger partial charge in [-0.15, -0.1) is 0 Å². The molecule has 0 amide bonds. The minimum atomic E-state index is 0. The van der Waals surface area contributed by atoms with Crippen molar-refractivity contribution in [2.75, 3.05) is 0 Å². The number of hydrogen-bond donors (Lipinski definition) is 1. The van der Waals surface area contributed by atoms with Gasteiger partial charge in [0.1, 0.15) is 0 Å². The van der Waals surface area contributed by atoms with Crippen molar-refractivity contribution in [3.63, 3.8) is 0 Å². The zero-order chi connectivity index (χ0) is 2.71. The van der Waals surface area contributed by atoms with Gasteiger partial charge in [-0.2, -0.15) is 0 Å². The largest absolute Gasteiger partial charge is 0.665 e. The molecule has 0 fully saturated rings. The molecule has 0 aliphatic heterocycles. The molecule has 0 saturated heterocycles. The van der Waals surface area contributed by atoms with E-state index in [4.69, 9.17) is 9.90 Å². The summed E-state index contributed by atoms with van der Waals surface area (Å²) in [6, 6.07) is 0. The van der Waals surface area contributed by atoms with E-state index < -0.39 is 0 Å². The van der Waals surface area contributed by atoms with Crippen LogP contribution in [0.3, 0.4) is 0 Å². The second-order valence-electron chi connectivity index (χ2n) is 0.0913. The van der Waals surface area contributed by atoms with E-state index in [-0.39, 0.29) is 36.5 Å². The minimum Gasteiger partial charge on any atom is -0.665 e. The van der Waals surface area contributed by atoms with Crippen molar-refractivity contribution in [1.82, 2.24) is 0 Å². The summed E-state index contributed by atoms with van der Waals surface area (Å²) in [5.74, 6) is 0. The zero-order valence-corrected chi connectivity index (χ0v) is 6.49. The Hall–Kier alpha value is 0.613. The standard InChI is InChI=1S/CHO2.Fe.Zn/c2-1-3;;/h(H,2,3);;/q-1;;. The second kappa shape index (κ2) is 23.1. The van der Waals surface area contributed by atoms with Crippen LogP contribution in [0.25, 0.3) is 0 Å². The number of aliphatic hydroxyl groups excluding tert-OH is 1. The third-order valence-corrected chi connectivity index (χ3v) is 0. The summed E-state index contributed by atoms with van der Waals surface area (Å²) >= 11 is 0. The van der Waals surface area contributed by atoms with Gasteiger partial charge >= 0.3 is 0 Å². The second-order valence-corrected chi connectivity index (χ2v) is 0.0913. The SMILES string of the molecule is O=[C-]O.[Fe].[Zn]. The fourth-order valence-corrected chi connectivity index (χ4v) is 0. The molecule has 5 heavy (non-hydrogen) atoms. The Labute approximate surface area is 53.2 Å². The van der Waals surface area contributed by atoms with Crippen LogP contribution in [0.1, 0.15) is 0 Å². The third-order valence-electron chi connectivity index (χ3n) is 0. The summed E-state index contributed by atoms with van der Waals surface area (Å²) in [5.41, 5.74) is 0. The van der Waals surface area contributed by atoms with Gasteiger partial charge in [-0.1, -0.05) is 6.47 Å². The van der Waals surface area contributed by atoms with Gasteiger partial charge in [-0.3, -0.25) is 0 Å². The fourth-order valence-electron chi connectivity index (χ4n) is 0. The average Bonchev–Trinajstić information content (AvgIpc) is 0.918. The molecule has 0 aromatic heterocycles. The van der Waals surface area contributed by atoms with Crippen molar-refractivity contribution < 1.29 is 46.4 Å². The van der Waals surface area contributed by atoms with E-state index in [0.717, 1.165) is 0 Å². The van der Waals surface area contributed by atoms with Gasteiger partial charge in [0.05, 0.1) is 0 Å². The van der Waals surface area contributed by atoms with Crippen LogP contribution in [0.2, 0.25) is 0 Å². The van der Waals surface area contributed by atoms with Gasteiger partial charge in [0.25, 0.3) is 0 Å². The van der Waals surface area contributed by atoms with Gasteiger partial charge in [0.2, 0.25) is 0 Å². The van der Waals surface area contributed by atoms with Crippen LogP contribution >= 0.6 is 0 Å². The first-order valence-electron chi connectivity index (χ1n) is 0.428. The normalized spacial score (nSPS) is 2.40.